The van der Waals surface area contributed by atoms with Crippen LogP contribution in [0.3, 0.4) is 0 Å². The number of aromatic nitrogens is 3. The second kappa shape index (κ2) is 5.97. The van der Waals surface area contributed by atoms with Crippen molar-refractivity contribution in [2.24, 2.45) is 7.05 Å². The molecule has 19 heavy (non-hydrogen) atoms. The largest absolute Gasteiger partial charge is 0.310 e. The fraction of sp³-hybridized carbons (Fsp3) is 0.467. The summed E-state index contributed by atoms with van der Waals surface area (Å²) in [4.78, 5) is 4.33. The number of hydrogen-bond acceptors (Lipinski definition) is 3. The zero-order chi connectivity index (χ0) is 13.8. The van der Waals surface area contributed by atoms with Gasteiger partial charge < -0.3 is 5.32 Å². The van der Waals surface area contributed by atoms with E-state index in [9.17, 15) is 0 Å². The first-order chi connectivity index (χ1) is 9.13. The van der Waals surface area contributed by atoms with Gasteiger partial charge in [-0.05, 0) is 37.1 Å². The molecule has 0 spiro atoms. The lowest BCUT2D eigenvalue weighted by Gasteiger charge is -2.22. The van der Waals surface area contributed by atoms with Crippen molar-refractivity contribution in [2.75, 3.05) is 6.54 Å². The van der Waals surface area contributed by atoms with Crippen LogP contribution in [0.2, 0.25) is 0 Å². The lowest BCUT2D eigenvalue weighted by atomic mass is 9.94. The second-order valence-electron chi connectivity index (χ2n) is 4.92. The summed E-state index contributed by atoms with van der Waals surface area (Å²) >= 11 is 0. The van der Waals surface area contributed by atoms with E-state index in [1.807, 2.05) is 11.7 Å². The summed E-state index contributed by atoms with van der Waals surface area (Å²) in [6.07, 6.45) is 2.47. The number of hydrogen-bond donors (Lipinski definition) is 1. The molecular weight excluding hydrogens is 236 g/mol. The molecule has 2 aromatic rings. The normalized spacial score (nSPS) is 12.6. The van der Waals surface area contributed by atoms with Crippen LogP contribution in [0.4, 0.5) is 0 Å². The number of nitrogens with zero attached hydrogens (tertiary/aromatic N) is 3. The van der Waals surface area contributed by atoms with Gasteiger partial charge in [-0.3, -0.25) is 4.68 Å². The van der Waals surface area contributed by atoms with E-state index in [0.717, 1.165) is 18.8 Å². The first kappa shape index (κ1) is 13.7. The Bertz CT molecular complexity index is 525. The lowest BCUT2D eigenvalue weighted by molar-refractivity contribution is 0.518. The molecule has 102 valence electrons. The molecular formula is C15H22N4. The minimum Gasteiger partial charge on any atom is -0.310 e. The standard InChI is InChI=1S/C15H22N4/c1-5-16-13(9-14-17-10-18-19(14)4)15-11(2)7-6-8-12(15)3/h6-8,10,13,16H,5,9H2,1-4H3. The fourth-order valence-corrected chi connectivity index (χ4v) is 2.59. The van der Waals surface area contributed by atoms with Gasteiger partial charge in [0.05, 0.1) is 0 Å². The Morgan fingerprint density at radius 3 is 2.47 bits per heavy atom. The third kappa shape index (κ3) is 3.01. The Hall–Kier alpha value is -1.68. The van der Waals surface area contributed by atoms with E-state index < -0.39 is 0 Å². The lowest BCUT2D eigenvalue weighted by Crippen LogP contribution is -2.25. The van der Waals surface area contributed by atoms with Gasteiger partial charge in [0.15, 0.2) is 0 Å². The molecule has 1 N–H and O–H groups in total. The molecule has 1 atom stereocenters. The van der Waals surface area contributed by atoms with Crippen LogP contribution in [0.15, 0.2) is 24.5 Å². The molecule has 0 radical (unpaired) electrons. The van der Waals surface area contributed by atoms with E-state index in [-0.39, 0.29) is 6.04 Å². The van der Waals surface area contributed by atoms with Crippen LogP contribution in [0.25, 0.3) is 0 Å². The van der Waals surface area contributed by atoms with Crippen molar-refractivity contribution in [2.45, 2.75) is 33.2 Å². The predicted molar refractivity (Wildman–Crippen MR) is 77.0 cm³/mol. The van der Waals surface area contributed by atoms with Crippen LogP contribution < -0.4 is 5.32 Å². The molecule has 0 amide bonds. The van der Waals surface area contributed by atoms with Crippen molar-refractivity contribution < 1.29 is 0 Å². The molecule has 1 unspecified atom stereocenters. The number of likely N-dealkylation sites (N-methyl/N-ethyl adjacent to an activating group) is 1. The monoisotopic (exact) mass is 258 g/mol. The zero-order valence-corrected chi connectivity index (χ0v) is 12.1. The maximum absolute atomic E-state index is 4.33. The SMILES string of the molecule is CCNC(Cc1ncnn1C)c1c(C)cccc1C. The van der Waals surface area contributed by atoms with Gasteiger partial charge in [0.1, 0.15) is 12.2 Å². The summed E-state index contributed by atoms with van der Waals surface area (Å²) in [5, 5.41) is 7.71. The highest BCUT2D eigenvalue weighted by Gasteiger charge is 2.17. The van der Waals surface area contributed by atoms with E-state index >= 15 is 0 Å². The first-order valence-corrected chi connectivity index (χ1v) is 6.75. The summed E-state index contributed by atoms with van der Waals surface area (Å²) in [5.41, 5.74) is 4.04. The molecule has 2 rings (SSSR count). The van der Waals surface area contributed by atoms with Crippen molar-refractivity contribution in [1.29, 1.82) is 0 Å². The quantitative estimate of drug-likeness (QED) is 0.895. The summed E-state index contributed by atoms with van der Waals surface area (Å²) in [6, 6.07) is 6.74. The topological polar surface area (TPSA) is 42.7 Å². The third-order valence-corrected chi connectivity index (χ3v) is 3.53. The van der Waals surface area contributed by atoms with Gasteiger partial charge in [0, 0.05) is 19.5 Å². The molecule has 0 saturated carbocycles. The molecule has 1 aromatic carbocycles. The predicted octanol–water partition coefficient (Wildman–Crippen LogP) is 2.33. The highest BCUT2D eigenvalue weighted by atomic mass is 15.3. The highest BCUT2D eigenvalue weighted by Crippen LogP contribution is 2.24. The van der Waals surface area contributed by atoms with Crippen molar-refractivity contribution in [3.05, 3.63) is 47.0 Å². The van der Waals surface area contributed by atoms with Gasteiger partial charge in [-0.2, -0.15) is 5.10 Å². The van der Waals surface area contributed by atoms with Gasteiger partial charge in [0.2, 0.25) is 0 Å². The molecule has 0 saturated heterocycles. The summed E-state index contributed by atoms with van der Waals surface area (Å²) in [5.74, 6) is 1.01. The van der Waals surface area contributed by atoms with Gasteiger partial charge in [-0.25, -0.2) is 4.98 Å². The summed E-state index contributed by atoms with van der Waals surface area (Å²) in [6.45, 7) is 7.42. The van der Waals surface area contributed by atoms with E-state index in [2.05, 4.69) is 54.4 Å². The van der Waals surface area contributed by atoms with Crippen molar-refractivity contribution in [1.82, 2.24) is 20.1 Å². The molecule has 0 aliphatic rings. The molecule has 4 nitrogen and oxygen atoms in total. The Labute approximate surface area is 114 Å². The molecule has 0 bridgehead atoms. The Morgan fingerprint density at radius 2 is 1.95 bits per heavy atom. The molecule has 1 heterocycles. The number of aryl methyl sites for hydroxylation is 3. The van der Waals surface area contributed by atoms with Crippen LogP contribution >= 0.6 is 0 Å². The van der Waals surface area contributed by atoms with Gasteiger partial charge in [-0.1, -0.05) is 25.1 Å². The number of rotatable bonds is 5. The van der Waals surface area contributed by atoms with Crippen LogP contribution in [-0.2, 0) is 13.5 Å². The average Bonchev–Trinajstić information content (AvgIpc) is 2.75. The van der Waals surface area contributed by atoms with Crippen molar-refractivity contribution in [3.8, 4) is 0 Å². The highest BCUT2D eigenvalue weighted by molar-refractivity contribution is 5.36. The van der Waals surface area contributed by atoms with Crippen LogP contribution in [0, 0.1) is 13.8 Å². The zero-order valence-electron chi connectivity index (χ0n) is 12.1. The van der Waals surface area contributed by atoms with E-state index in [1.165, 1.54) is 16.7 Å². The van der Waals surface area contributed by atoms with Gasteiger partial charge >= 0.3 is 0 Å². The maximum Gasteiger partial charge on any atom is 0.138 e. The maximum atomic E-state index is 4.33. The average molecular weight is 258 g/mol. The molecule has 0 fully saturated rings. The first-order valence-electron chi connectivity index (χ1n) is 6.75. The Morgan fingerprint density at radius 1 is 1.26 bits per heavy atom. The molecule has 1 aromatic heterocycles. The van der Waals surface area contributed by atoms with E-state index in [4.69, 9.17) is 0 Å². The summed E-state index contributed by atoms with van der Waals surface area (Å²) < 4.78 is 1.85. The van der Waals surface area contributed by atoms with E-state index in [0.29, 0.717) is 0 Å². The number of nitrogens with one attached hydrogen (secondary N) is 1. The third-order valence-electron chi connectivity index (χ3n) is 3.53. The molecule has 0 aliphatic heterocycles. The summed E-state index contributed by atoms with van der Waals surface area (Å²) in [7, 11) is 1.94. The smallest absolute Gasteiger partial charge is 0.138 e. The fourth-order valence-electron chi connectivity index (χ4n) is 2.59. The van der Waals surface area contributed by atoms with Crippen molar-refractivity contribution in [3.63, 3.8) is 0 Å². The van der Waals surface area contributed by atoms with Gasteiger partial charge in [0.25, 0.3) is 0 Å². The van der Waals surface area contributed by atoms with Crippen LogP contribution in [0.1, 0.15) is 35.5 Å². The molecule has 0 aliphatic carbocycles. The van der Waals surface area contributed by atoms with E-state index in [1.54, 1.807) is 6.33 Å². The molecule has 4 heteroatoms. The van der Waals surface area contributed by atoms with Crippen LogP contribution in [0.5, 0.6) is 0 Å². The second-order valence-corrected chi connectivity index (χ2v) is 4.92. The Balaban J connectivity index is 2.32. The minimum atomic E-state index is 0.286. The number of benzene rings is 1. The van der Waals surface area contributed by atoms with Gasteiger partial charge in [-0.15, -0.1) is 0 Å². The van der Waals surface area contributed by atoms with Crippen molar-refractivity contribution >= 4 is 0 Å². The Kier molecular flexibility index (Phi) is 4.32. The minimum absolute atomic E-state index is 0.286. The van der Waals surface area contributed by atoms with Crippen LogP contribution in [-0.4, -0.2) is 21.3 Å².